The average molecular weight is 260 g/mol. The first-order valence-corrected chi connectivity index (χ1v) is 5.77. The molecule has 1 aromatic rings. The molecule has 0 aliphatic heterocycles. The van der Waals surface area contributed by atoms with Gasteiger partial charge in [-0.25, -0.2) is 4.98 Å². The van der Waals surface area contributed by atoms with Crippen molar-refractivity contribution in [2.24, 2.45) is 5.92 Å². The van der Waals surface area contributed by atoms with E-state index in [2.05, 4.69) is 10.3 Å². The van der Waals surface area contributed by atoms with E-state index in [-0.39, 0.29) is 6.61 Å². The number of anilines is 1. The summed E-state index contributed by atoms with van der Waals surface area (Å²) in [7, 11) is 0. The summed E-state index contributed by atoms with van der Waals surface area (Å²) in [6.45, 7) is 1.78. The molecule has 0 saturated heterocycles. The lowest BCUT2D eigenvalue weighted by molar-refractivity contribution is -0.137. The number of pyridine rings is 1. The molecule has 3 nitrogen and oxygen atoms in total. The molecule has 0 amide bonds. The van der Waals surface area contributed by atoms with Crippen molar-refractivity contribution in [3.63, 3.8) is 0 Å². The molecule has 1 aliphatic carbocycles. The van der Waals surface area contributed by atoms with Crippen LogP contribution in [-0.2, 0) is 6.18 Å². The highest BCUT2D eigenvalue weighted by molar-refractivity contribution is 5.40. The average Bonchev–Trinajstić information content (AvgIpc) is 3.12. The van der Waals surface area contributed by atoms with Gasteiger partial charge in [0, 0.05) is 6.20 Å². The molecule has 0 radical (unpaired) electrons. The third kappa shape index (κ3) is 2.75. The van der Waals surface area contributed by atoms with Gasteiger partial charge < -0.3 is 10.4 Å². The first-order chi connectivity index (χ1) is 8.35. The van der Waals surface area contributed by atoms with E-state index in [1.54, 1.807) is 0 Å². The first kappa shape index (κ1) is 13.1. The van der Waals surface area contributed by atoms with E-state index in [1.165, 1.54) is 6.07 Å². The number of hydrogen-bond acceptors (Lipinski definition) is 3. The molecule has 0 aromatic carbocycles. The molecule has 1 aromatic heterocycles. The SMILES string of the molecule is CC(CO)(Nc1ccc(C(F)(F)F)cn1)C1CC1. The fourth-order valence-electron chi connectivity index (χ4n) is 1.92. The maximum Gasteiger partial charge on any atom is 0.417 e. The third-order valence-electron chi connectivity index (χ3n) is 3.31. The molecular weight excluding hydrogens is 245 g/mol. The highest BCUT2D eigenvalue weighted by Gasteiger charge is 2.41. The van der Waals surface area contributed by atoms with Gasteiger partial charge in [-0.2, -0.15) is 13.2 Å². The van der Waals surface area contributed by atoms with Gasteiger partial charge in [0.2, 0.25) is 0 Å². The summed E-state index contributed by atoms with van der Waals surface area (Å²) in [6, 6.07) is 2.28. The number of nitrogens with one attached hydrogen (secondary N) is 1. The minimum absolute atomic E-state index is 0.0691. The van der Waals surface area contributed by atoms with E-state index in [4.69, 9.17) is 0 Å². The molecular formula is C12H15F3N2O. The van der Waals surface area contributed by atoms with Crippen molar-refractivity contribution in [2.75, 3.05) is 11.9 Å². The zero-order chi connectivity index (χ0) is 13.4. The van der Waals surface area contributed by atoms with E-state index in [0.717, 1.165) is 25.1 Å². The lowest BCUT2D eigenvalue weighted by atomic mass is 9.97. The normalized spacial score (nSPS) is 19.4. The summed E-state index contributed by atoms with van der Waals surface area (Å²) in [5.74, 6) is 0.707. The standard InChI is InChI=1S/C12H15F3N2O/c1-11(7-18,8-2-3-8)17-10-5-4-9(6-16-10)12(13,14)15/h4-6,8,18H,2-3,7H2,1H3,(H,16,17). The Hall–Kier alpha value is -1.30. The lowest BCUT2D eigenvalue weighted by Gasteiger charge is -2.29. The van der Waals surface area contributed by atoms with E-state index in [0.29, 0.717) is 11.7 Å². The summed E-state index contributed by atoms with van der Waals surface area (Å²) in [6.07, 6.45) is -1.54. The van der Waals surface area contributed by atoms with Gasteiger partial charge in [0.05, 0.1) is 17.7 Å². The molecule has 1 unspecified atom stereocenters. The molecule has 2 N–H and O–H groups in total. The number of nitrogens with zero attached hydrogens (tertiary/aromatic N) is 1. The fraction of sp³-hybridized carbons (Fsp3) is 0.583. The molecule has 6 heteroatoms. The maximum atomic E-state index is 12.4. The van der Waals surface area contributed by atoms with Gasteiger partial charge in [-0.05, 0) is 37.8 Å². The van der Waals surface area contributed by atoms with Crippen LogP contribution in [0.15, 0.2) is 18.3 Å². The molecule has 1 heterocycles. The topological polar surface area (TPSA) is 45.1 Å². The number of halogens is 3. The molecule has 2 rings (SSSR count). The highest BCUT2D eigenvalue weighted by atomic mass is 19.4. The summed E-state index contributed by atoms with van der Waals surface area (Å²) in [5, 5.41) is 12.4. The Kier molecular flexibility index (Phi) is 3.23. The summed E-state index contributed by atoms with van der Waals surface area (Å²) in [4.78, 5) is 3.75. The van der Waals surface area contributed by atoms with Crippen LogP contribution >= 0.6 is 0 Å². The minimum atomic E-state index is -4.37. The number of aliphatic hydroxyl groups excluding tert-OH is 1. The zero-order valence-electron chi connectivity index (χ0n) is 9.96. The zero-order valence-corrected chi connectivity index (χ0v) is 9.96. The summed E-state index contributed by atoms with van der Waals surface area (Å²) in [5.41, 5.74) is -1.28. The van der Waals surface area contributed by atoms with Crippen LogP contribution in [0.5, 0.6) is 0 Å². The van der Waals surface area contributed by atoms with Gasteiger partial charge in [-0.3, -0.25) is 0 Å². The van der Waals surface area contributed by atoms with Gasteiger partial charge >= 0.3 is 6.18 Å². The number of alkyl halides is 3. The molecule has 1 atom stereocenters. The first-order valence-electron chi connectivity index (χ1n) is 5.77. The van der Waals surface area contributed by atoms with Crippen molar-refractivity contribution in [1.29, 1.82) is 0 Å². The Bertz CT molecular complexity index is 414. The largest absolute Gasteiger partial charge is 0.417 e. The summed E-state index contributed by atoms with van der Waals surface area (Å²) >= 11 is 0. The fourth-order valence-corrected chi connectivity index (χ4v) is 1.92. The lowest BCUT2D eigenvalue weighted by Crippen LogP contribution is -2.41. The van der Waals surface area contributed by atoms with Gasteiger partial charge in [-0.15, -0.1) is 0 Å². The Morgan fingerprint density at radius 3 is 2.44 bits per heavy atom. The van der Waals surface area contributed by atoms with Crippen molar-refractivity contribution in [2.45, 2.75) is 31.5 Å². The molecule has 1 fully saturated rings. The van der Waals surface area contributed by atoms with E-state index in [9.17, 15) is 18.3 Å². The van der Waals surface area contributed by atoms with Crippen LogP contribution < -0.4 is 5.32 Å². The smallest absolute Gasteiger partial charge is 0.394 e. The Morgan fingerprint density at radius 1 is 1.39 bits per heavy atom. The van der Waals surface area contributed by atoms with Gasteiger partial charge in [0.15, 0.2) is 0 Å². The van der Waals surface area contributed by atoms with Crippen LogP contribution in [-0.4, -0.2) is 22.2 Å². The molecule has 0 spiro atoms. The van der Waals surface area contributed by atoms with Crippen molar-refractivity contribution >= 4 is 5.82 Å². The van der Waals surface area contributed by atoms with Crippen LogP contribution in [0.2, 0.25) is 0 Å². The van der Waals surface area contributed by atoms with Crippen LogP contribution in [0.3, 0.4) is 0 Å². The second kappa shape index (κ2) is 4.42. The van der Waals surface area contributed by atoms with E-state index < -0.39 is 17.3 Å². The van der Waals surface area contributed by atoms with E-state index >= 15 is 0 Å². The van der Waals surface area contributed by atoms with Gasteiger partial charge in [0.1, 0.15) is 5.82 Å². The second-order valence-electron chi connectivity index (χ2n) is 4.90. The Balaban J connectivity index is 2.10. The van der Waals surface area contributed by atoms with E-state index in [1.807, 2.05) is 6.92 Å². The predicted molar refractivity (Wildman–Crippen MR) is 61.1 cm³/mol. The Morgan fingerprint density at radius 2 is 2.06 bits per heavy atom. The predicted octanol–water partition coefficient (Wildman–Crippen LogP) is 2.67. The number of aliphatic hydroxyl groups is 1. The number of aromatic nitrogens is 1. The Labute approximate surface area is 103 Å². The molecule has 1 aliphatic rings. The third-order valence-corrected chi connectivity index (χ3v) is 3.31. The quantitative estimate of drug-likeness (QED) is 0.874. The van der Waals surface area contributed by atoms with Gasteiger partial charge in [0.25, 0.3) is 0 Å². The van der Waals surface area contributed by atoms with Crippen molar-refractivity contribution in [1.82, 2.24) is 4.98 Å². The van der Waals surface area contributed by atoms with Crippen molar-refractivity contribution < 1.29 is 18.3 Å². The van der Waals surface area contributed by atoms with Crippen LogP contribution in [0.4, 0.5) is 19.0 Å². The molecule has 100 valence electrons. The van der Waals surface area contributed by atoms with Gasteiger partial charge in [-0.1, -0.05) is 0 Å². The highest BCUT2D eigenvalue weighted by Crippen LogP contribution is 2.41. The maximum absolute atomic E-state index is 12.4. The van der Waals surface area contributed by atoms with Crippen LogP contribution in [0.25, 0.3) is 0 Å². The van der Waals surface area contributed by atoms with Crippen molar-refractivity contribution in [3.8, 4) is 0 Å². The van der Waals surface area contributed by atoms with Crippen LogP contribution in [0, 0.1) is 5.92 Å². The molecule has 0 bridgehead atoms. The number of hydrogen-bond donors (Lipinski definition) is 2. The van der Waals surface area contributed by atoms with Crippen LogP contribution in [0.1, 0.15) is 25.3 Å². The second-order valence-corrected chi connectivity index (χ2v) is 4.90. The van der Waals surface area contributed by atoms with Crippen molar-refractivity contribution in [3.05, 3.63) is 23.9 Å². The molecule has 18 heavy (non-hydrogen) atoms. The summed E-state index contributed by atoms with van der Waals surface area (Å²) < 4.78 is 37.1. The monoisotopic (exact) mass is 260 g/mol. The number of rotatable bonds is 4. The molecule has 1 saturated carbocycles. The minimum Gasteiger partial charge on any atom is -0.394 e.